The number of hydrogen-bond acceptors (Lipinski definition) is 1. The maximum atomic E-state index is 6.30. The van der Waals surface area contributed by atoms with Crippen molar-refractivity contribution in [1.29, 1.82) is 0 Å². The molecule has 0 amide bonds. The van der Waals surface area contributed by atoms with Crippen molar-refractivity contribution in [3.05, 3.63) is 71.8 Å². The third-order valence-corrected chi connectivity index (χ3v) is 4.36. The predicted molar refractivity (Wildman–Crippen MR) is 81.4 cm³/mol. The summed E-state index contributed by atoms with van der Waals surface area (Å²) in [6.07, 6.45) is 2.44. The van der Waals surface area contributed by atoms with Crippen molar-refractivity contribution in [1.82, 2.24) is 0 Å². The lowest BCUT2D eigenvalue weighted by Gasteiger charge is -2.33. The molecule has 2 heteroatoms. The molecule has 19 heavy (non-hydrogen) atoms. The van der Waals surface area contributed by atoms with Crippen molar-refractivity contribution in [3.8, 4) is 0 Å². The quantitative estimate of drug-likeness (QED) is 0.705. The molecule has 0 bridgehead atoms. The summed E-state index contributed by atoms with van der Waals surface area (Å²) in [4.78, 5) is 0.511. The first-order valence-corrected chi connectivity index (χ1v) is 7.64. The molecule has 1 nitrogen and oxygen atoms in total. The molecule has 1 aliphatic rings. The highest BCUT2D eigenvalue weighted by Crippen LogP contribution is 2.41. The smallest absolute Gasteiger partial charge is 0.0844 e. The molecule has 1 saturated heterocycles. The minimum absolute atomic E-state index is 0.185. The Morgan fingerprint density at radius 3 is 1.58 bits per heavy atom. The average Bonchev–Trinajstić information content (AvgIpc) is 2.48. The van der Waals surface area contributed by atoms with Crippen LogP contribution in [0.2, 0.25) is 0 Å². The molecule has 2 atom stereocenters. The molecular formula is C17H17BrO. The van der Waals surface area contributed by atoms with Gasteiger partial charge in [0, 0.05) is 4.83 Å². The summed E-state index contributed by atoms with van der Waals surface area (Å²) in [5, 5.41) is 0. The Kier molecular flexibility index (Phi) is 4.00. The van der Waals surface area contributed by atoms with Gasteiger partial charge in [0.25, 0.3) is 0 Å². The molecule has 2 aromatic rings. The molecule has 0 saturated carbocycles. The highest BCUT2D eigenvalue weighted by atomic mass is 79.9. The van der Waals surface area contributed by atoms with Gasteiger partial charge in [-0.2, -0.15) is 0 Å². The molecule has 1 heterocycles. The minimum Gasteiger partial charge on any atom is -0.366 e. The molecule has 0 radical (unpaired) electrons. The standard InChI is InChI=1S/C17H17BrO/c18-15-11-16(13-7-3-1-4-8-13)19-17(12-15)14-9-5-2-6-10-14/h1-10,15-17H,11-12H2. The van der Waals surface area contributed by atoms with Crippen LogP contribution in [0, 0.1) is 0 Å². The van der Waals surface area contributed by atoms with Crippen LogP contribution >= 0.6 is 15.9 Å². The summed E-state index contributed by atoms with van der Waals surface area (Å²) < 4.78 is 6.30. The first-order valence-electron chi connectivity index (χ1n) is 6.72. The Balaban J connectivity index is 1.82. The Morgan fingerprint density at radius 2 is 1.16 bits per heavy atom. The molecular weight excluding hydrogens is 300 g/mol. The highest BCUT2D eigenvalue weighted by Gasteiger charge is 2.29. The molecule has 0 aromatic heterocycles. The van der Waals surface area contributed by atoms with Crippen LogP contribution in [0.3, 0.4) is 0 Å². The lowest BCUT2D eigenvalue weighted by molar-refractivity contribution is -0.0499. The van der Waals surface area contributed by atoms with Gasteiger partial charge in [0.05, 0.1) is 12.2 Å². The van der Waals surface area contributed by atoms with E-state index in [4.69, 9.17) is 4.74 Å². The van der Waals surface area contributed by atoms with E-state index in [-0.39, 0.29) is 12.2 Å². The average molecular weight is 317 g/mol. The Labute approximate surface area is 122 Å². The lowest BCUT2D eigenvalue weighted by Crippen LogP contribution is -2.23. The van der Waals surface area contributed by atoms with Gasteiger partial charge in [-0.15, -0.1) is 0 Å². The van der Waals surface area contributed by atoms with E-state index in [1.54, 1.807) is 0 Å². The monoisotopic (exact) mass is 316 g/mol. The zero-order chi connectivity index (χ0) is 13.1. The second kappa shape index (κ2) is 5.89. The molecule has 98 valence electrons. The van der Waals surface area contributed by atoms with E-state index >= 15 is 0 Å². The fourth-order valence-electron chi connectivity index (χ4n) is 2.63. The first kappa shape index (κ1) is 12.9. The third kappa shape index (κ3) is 3.07. The van der Waals surface area contributed by atoms with Crippen LogP contribution in [0.1, 0.15) is 36.2 Å². The van der Waals surface area contributed by atoms with Gasteiger partial charge in [-0.05, 0) is 24.0 Å². The number of rotatable bonds is 2. The number of benzene rings is 2. The van der Waals surface area contributed by atoms with Crippen molar-refractivity contribution >= 4 is 15.9 Å². The van der Waals surface area contributed by atoms with Gasteiger partial charge in [-0.3, -0.25) is 0 Å². The first-order chi connectivity index (χ1) is 9.33. The molecule has 0 N–H and O–H groups in total. The summed E-state index contributed by atoms with van der Waals surface area (Å²) >= 11 is 3.78. The van der Waals surface area contributed by atoms with E-state index in [9.17, 15) is 0 Å². The number of alkyl halides is 1. The third-order valence-electron chi connectivity index (χ3n) is 3.61. The van der Waals surface area contributed by atoms with Crippen molar-refractivity contribution in [2.75, 3.05) is 0 Å². The predicted octanol–water partition coefficient (Wildman–Crippen LogP) is 5.04. The summed E-state index contributed by atoms with van der Waals surface area (Å²) in [6.45, 7) is 0. The molecule has 2 unspecified atom stereocenters. The second-order valence-electron chi connectivity index (χ2n) is 5.00. The molecule has 0 spiro atoms. The van der Waals surface area contributed by atoms with E-state index in [0.29, 0.717) is 4.83 Å². The van der Waals surface area contributed by atoms with Crippen molar-refractivity contribution in [2.45, 2.75) is 29.9 Å². The number of halogens is 1. The Hall–Kier alpha value is -1.12. The van der Waals surface area contributed by atoms with Gasteiger partial charge in [-0.25, -0.2) is 0 Å². The zero-order valence-corrected chi connectivity index (χ0v) is 12.3. The van der Waals surface area contributed by atoms with Crippen LogP contribution in [0.25, 0.3) is 0 Å². The van der Waals surface area contributed by atoms with Gasteiger partial charge < -0.3 is 4.74 Å². The largest absolute Gasteiger partial charge is 0.366 e. The van der Waals surface area contributed by atoms with Crippen molar-refractivity contribution in [3.63, 3.8) is 0 Å². The topological polar surface area (TPSA) is 9.23 Å². The van der Waals surface area contributed by atoms with Gasteiger partial charge >= 0.3 is 0 Å². The van der Waals surface area contributed by atoms with Gasteiger partial charge in [0.2, 0.25) is 0 Å². The van der Waals surface area contributed by atoms with Crippen LogP contribution in [-0.2, 0) is 4.74 Å². The van der Waals surface area contributed by atoms with Crippen LogP contribution < -0.4 is 0 Å². The van der Waals surface area contributed by atoms with E-state index in [1.807, 2.05) is 12.1 Å². The number of ether oxygens (including phenoxy) is 1. The summed E-state index contributed by atoms with van der Waals surface area (Å²) in [5.74, 6) is 0. The maximum absolute atomic E-state index is 6.30. The van der Waals surface area contributed by atoms with Crippen LogP contribution in [-0.4, -0.2) is 4.83 Å². The van der Waals surface area contributed by atoms with E-state index in [2.05, 4.69) is 64.5 Å². The van der Waals surface area contributed by atoms with E-state index < -0.39 is 0 Å². The Morgan fingerprint density at radius 1 is 0.737 bits per heavy atom. The summed E-state index contributed by atoms with van der Waals surface area (Å²) in [7, 11) is 0. The van der Waals surface area contributed by atoms with Crippen LogP contribution in [0.5, 0.6) is 0 Å². The van der Waals surface area contributed by atoms with Crippen LogP contribution in [0.4, 0.5) is 0 Å². The fourth-order valence-corrected chi connectivity index (χ4v) is 3.31. The zero-order valence-electron chi connectivity index (χ0n) is 10.7. The van der Waals surface area contributed by atoms with E-state index in [0.717, 1.165) is 12.8 Å². The Bertz CT molecular complexity index is 464. The van der Waals surface area contributed by atoms with E-state index in [1.165, 1.54) is 11.1 Å². The normalized spacial score (nSPS) is 27.1. The minimum atomic E-state index is 0.185. The molecule has 0 aliphatic carbocycles. The summed E-state index contributed by atoms with van der Waals surface area (Å²) in [5.41, 5.74) is 2.54. The van der Waals surface area contributed by atoms with Gasteiger partial charge in [-0.1, -0.05) is 76.6 Å². The van der Waals surface area contributed by atoms with Crippen molar-refractivity contribution in [2.24, 2.45) is 0 Å². The summed E-state index contributed by atoms with van der Waals surface area (Å²) in [6, 6.07) is 21.0. The number of hydrogen-bond donors (Lipinski definition) is 0. The molecule has 1 aliphatic heterocycles. The molecule has 1 fully saturated rings. The van der Waals surface area contributed by atoms with Crippen molar-refractivity contribution < 1.29 is 4.74 Å². The second-order valence-corrected chi connectivity index (χ2v) is 6.30. The van der Waals surface area contributed by atoms with Crippen LogP contribution in [0.15, 0.2) is 60.7 Å². The molecule has 2 aromatic carbocycles. The highest BCUT2D eigenvalue weighted by molar-refractivity contribution is 9.09. The SMILES string of the molecule is BrC1CC(c2ccccc2)OC(c2ccccc2)C1. The van der Waals surface area contributed by atoms with Gasteiger partial charge in [0.15, 0.2) is 0 Å². The fraction of sp³-hybridized carbons (Fsp3) is 0.294. The molecule has 3 rings (SSSR count). The maximum Gasteiger partial charge on any atom is 0.0844 e. The lowest BCUT2D eigenvalue weighted by atomic mass is 9.95. The van der Waals surface area contributed by atoms with Gasteiger partial charge in [0.1, 0.15) is 0 Å².